The van der Waals surface area contributed by atoms with Gasteiger partial charge in [-0.2, -0.15) is 0 Å². The number of hydrogen-bond donors (Lipinski definition) is 0. The predicted molar refractivity (Wildman–Crippen MR) is 78.0 cm³/mol. The molecule has 1 amide bonds. The Morgan fingerprint density at radius 3 is 2.61 bits per heavy atom. The first-order valence-corrected chi connectivity index (χ1v) is 7.41. The van der Waals surface area contributed by atoms with Crippen LogP contribution in [0.1, 0.15) is 37.0 Å². The number of halogens is 2. The fourth-order valence-electron chi connectivity index (χ4n) is 2.02. The molecule has 0 spiro atoms. The Hall–Kier alpha value is -0.540. The van der Waals surface area contributed by atoms with Gasteiger partial charge in [0, 0.05) is 27.6 Å². The minimum atomic E-state index is 0.0920. The van der Waals surface area contributed by atoms with Gasteiger partial charge in [-0.1, -0.05) is 41.4 Å². The molecule has 4 heteroatoms. The van der Waals surface area contributed by atoms with Crippen LogP contribution in [0.15, 0.2) is 22.7 Å². The molecule has 1 aliphatic carbocycles. The summed E-state index contributed by atoms with van der Waals surface area (Å²) in [5.74, 6) is 0.576. The Bertz CT molecular complexity index is 437. The fraction of sp³-hybridized carbons (Fsp3) is 0.500. The van der Waals surface area contributed by atoms with Crippen LogP contribution in [0.4, 0.5) is 0 Å². The third kappa shape index (κ3) is 3.48. The molecule has 0 bridgehead atoms. The van der Waals surface area contributed by atoms with Crippen LogP contribution in [-0.4, -0.2) is 23.4 Å². The van der Waals surface area contributed by atoms with E-state index in [0.29, 0.717) is 22.5 Å². The van der Waals surface area contributed by atoms with Crippen molar-refractivity contribution in [2.45, 2.75) is 32.7 Å². The molecule has 18 heavy (non-hydrogen) atoms. The molecule has 0 heterocycles. The van der Waals surface area contributed by atoms with Crippen LogP contribution in [-0.2, 0) is 0 Å². The molecule has 1 fully saturated rings. The van der Waals surface area contributed by atoms with E-state index in [1.54, 1.807) is 12.1 Å². The van der Waals surface area contributed by atoms with Crippen molar-refractivity contribution in [1.29, 1.82) is 0 Å². The second-order valence-electron chi connectivity index (χ2n) is 5.24. The van der Waals surface area contributed by atoms with Crippen LogP contribution in [0.25, 0.3) is 0 Å². The first kappa shape index (κ1) is 13.9. The Kier molecular flexibility index (Phi) is 4.33. The van der Waals surface area contributed by atoms with E-state index in [1.165, 1.54) is 0 Å². The molecule has 1 aromatic carbocycles. The molecule has 0 aromatic heterocycles. The normalized spacial score (nSPS) is 14.9. The van der Waals surface area contributed by atoms with E-state index < -0.39 is 0 Å². The minimum Gasteiger partial charge on any atom is -0.335 e. The SMILES string of the molecule is CC(C)CN(C(=O)c1cc(Cl)cc(Br)c1)C1CC1. The van der Waals surface area contributed by atoms with E-state index in [9.17, 15) is 4.79 Å². The summed E-state index contributed by atoms with van der Waals surface area (Å²) in [6.07, 6.45) is 2.25. The van der Waals surface area contributed by atoms with Gasteiger partial charge in [0.1, 0.15) is 0 Å². The Morgan fingerprint density at radius 1 is 1.44 bits per heavy atom. The third-order valence-electron chi connectivity index (χ3n) is 2.92. The van der Waals surface area contributed by atoms with Gasteiger partial charge in [0.05, 0.1) is 0 Å². The Balaban J connectivity index is 2.21. The molecule has 98 valence electrons. The van der Waals surface area contributed by atoms with E-state index in [2.05, 4.69) is 29.8 Å². The average Bonchev–Trinajstić information content (AvgIpc) is 3.07. The maximum absolute atomic E-state index is 12.5. The molecule has 0 saturated heterocycles. The van der Waals surface area contributed by atoms with Gasteiger partial charge in [0.15, 0.2) is 0 Å². The molecular weight excluding hydrogens is 314 g/mol. The molecule has 1 saturated carbocycles. The molecule has 2 rings (SSSR count). The fourth-order valence-corrected chi connectivity index (χ4v) is 2.88. The summed E-state index contributed by atoms with van der Waals surface area (Å²) in [5, 5.41) is 0.591. The minimum absolute atomic E-state index is 0.0920. The third-order valence-corrected chi connectivity index (χ3v) is 3.60. The number of nitrogens with zero attached hydrogens (tertiary/aromatic N) is 1. The molecule has 2 nitrogen and oxygen atoms in total. The highest BCUT2D eigenvalue weighted by Crippen LogP contribution is 2.30. The van der Waals surface area contributed by atoms with Crippen LogP contribution in [0.2, 0.25) is 5.02 Å². The zero-order valence-corrected chi connectivity index (χ0v) is 13.0. The van der Waals surface area contributed by atoms with Crippen molar-refractivity contribution in [1.82, 2.24) is 4.90 Å². The van der Waals surface area contributed by atoms with E-state index in [0.717, 1.165) is 23.9 Å². The van der Waals surface area contributed by atoms with Gasteiger partial charge in [-0.05, 0) is 37.0 Å². The zero-order valence-electron chi connectivity index (χ0n) is 10.6. The molecule has 1 aromatic rings. The van der Waals surface area contributed by atoms with Gasteiger partial charge in [0.25, 0.3) is 5.91 Å². The summed E-state index contributed by atoms with van der Waals surface area (Å²) >= 11 is 9.38. The average molecular weight is 331 g/mol. The Labute approximate surface area is 121 Å². The monoisotopic (exact) mass is 329 g/mol. The summed E-state index contributed by atoms with van der Waals surface area (Å²) < 4.78 is 0.846. The zero-order chi connectivity index (χ0) is 13.3. The molecule has 0 radical (unpaired) electrons. The summed E-state index contributed by atoms with van der Waals surface area (Å²) in [6.45, 7) is 5.08. The molecule has 0 aliphatic heterocycles. The van der Waals surface area contributed by atoms with Crippen molar-refractivity contribution in [2.24, 2.45) is 5.92 Å². The van der Waals surface area contributed by atoms with E-state index in [4.69, 9.17) is 11.6 Å². The number of rotatable bonds is 4. The lowest BCUT2D eigenvalue weighted by Crippen LogP contribution is -2.36. The van der Waals surface area contributed by atoms with Gasteiger partial charge < -0.3 is 4.90 Å². The molecular formula is C14H17BrClNO. The second-order valence-corrected chi connectivity index (χ2v) is 6.59. The van der Waals surface area contributed by atoms with E-state index in [1.807, 2.05) is 11.0 Å². The summed E-state index contributed by atoms with van der Waals surface area (Å²) in [4.78, 5) is 14.5. The van der Waals surface area contributed by atoms with E-state index in [-0.39, 0.29) is 5.91 Å². The van der Waals surface area contributed by atoms with Gasteiger partial charge >= 0.3 is 0 Å². The van der Waals surface area contributed by atoms with Crippen LogP contribution in [0.5, 0.6) is 0 Å². The summed E-state index contributed by atoms with van der Waals surface area (Å²) in [6, 6.07) is 5.80. The van der Waals surface area contributed by atoms with Crippen molar-refractivity contribution < 1.29 is 4.79 Å². The van der Waals surface area contributed by atoms with Crippen LogP contribution < -0.4 is 0 Å². The lowest BCUT2D eigenvalue weighted by molar-refractivity contribution is 0.0722. The van der Waals surface area contributed by atoms with Gasteiger partial charge in [0.2, 0.25) is 0 Å². The highest BCUT2D eigenvalue weighted by atomic mass is 79.9. The van der Waals surface area contributed by atoms with Crippen LogP contribution in [0.3, 0.4) is 0 Å². The van der Waals surface area contributed by atoms with Crippen molar-refractivity contribution in [2.75, 3.05) is 6.54 Å². The van der Waals surface area contributed by atoms with Gasteiger partial charge in [-0.15, -0.1) is 0 Å². The lowest BCUT2D eigenvalue weighted by Gasteiger charge is -2.24. The topological polar surface area (TPSA) is 20.3 Å². The predicted octanol–water partition coefficient (Wildman–Crippen LogP) is 4.36. The summed E-state index contributed by atoms with van der Waals surface area (Å²) in [7, 11) is 0. The highest BCUT2D eigenvalue weighted by molar-refractivity contribution is 9.10. The largest absolute Gasteiger partial charge is 0.335 e. The lowest BCUT2D eigenvalue weighted by atomic mass is 10.1. The summed E-state index contributed by atoms with van der Waals surface area (Å²) in [5.41, 5.74) is 0.668. The maximum atomic E-state index is 12.5. The van der Waals surface area contributed by atoms with Crippen molar-refractivity contribution in [3.05, 3.63) is 33.3 Å². The molecule has 1 aliphatic rings. The molecule has 0 unspecified atom stereocenters. The van der Waals surface area contributed by atoms with Gasteiger partial charge in [-0.25, -0.2) is 0 Å². The smallest absolute Gasteiger partial charge is 0.254 e. The Morgan fingerprint density at radius 2 is 2.11 bits per heavy atom. The second kappa shape index (κ2) is 5.62. The number of hydrogen-bond acceptors (Lipinski definition) is 1. The first-order valence-electron chi connectivity index (χ1n) is 6.24. The van der Waals surface area contributed by atoms with Gasteiger partial charge in [-0.3, -0.25) is 4.79 Å². The number of amides is 1. The maximum Gasteiger partial charge on any atom is 0.254 e. The molecule has 0 N–H and O–H groups in total. The number of carbonyl (C=O) groups is 1. The highest BCUT2D eigenvalue weighted by Gasteiger charge is 2.33. The van der Waals surface area contributed by atoms with Crippen molar-refractivity contribution in [3.63, 3.8) is 0 Å². The standard InChI is InChI=1S/C14H17BrClNO/c1-9(2)8-17(13-3-4-13)14(18)10-5-11(15)7-12(16)6-10/h5-7,9,13H,3-4,8H2,1-2H3. The van der Waals surface area contributed by atoms with Crippen molar-refractivity contribution in [3.8, 4) is 0 Å². The molecule has 0 atom stereocenters. The number of benzene rings is 1. The number of carbonyl (C=O) groups excluding carboxylic acids is 1. The quantitative estimate of drug-likeness (QED) is 0.803. The van der Waals surface area contributed by atoms with E-state index >= 15 is 0 Å². The first-order chi connectivity index (χ1) is 8.47. The van der Waals surface area contributed by atoms with Crippen LogP contribution >= 0.6 is 27.5 Å². The van der Waals surface area contributed by atoms with Crippen LogP contribution in [0, 0.1) is 5.92 Å². The van der Waals surface area contributed by atoms with Crippen molar-refractivity contribution >= 4 is 33.4 Å².